The number of rotatable bonds is 4. The number of nitrogen functional groups attached to an aromatic ring is 1. The summed E-state index contributed by atoms with van der Waals surface area (Å²) in [6.07, 6.45) is 0. The molecule has 1 atom stereocenters. The van der Waals surface area contributed by atoms with E-state index >= 15 is 0 Å². The second-order valence-corrected chi connectivity index (χ2v) is 6.12. The molecule has 2 rings (SSSR count). The van der Waals surface area contributed by atoms with Gasteiger partial charge in [0.1, 0.15) is 0 Å². The summed E-state index contributed by atoms with van der Waals surface area (Å²) < 4.78 is 0.730. The van der Waals surface area contributed by atoms with Crippen molar-refractivity contribution in [3.63, 3.8) is 0 Å². The van der Waals surface area contributed by atoms with Gasteiger partial charge in [-0.2, -0.15) is 0 Å². The van der Waals surface area contributed by atoms with Crippen LogP contribution >= 0.6 is 22.9 Å². The summed E-state index contributed by atoms with van der Waals surface area (Å²) in [5.41, 5.74) is 7.31. The van der Waals surface area contributed by atoms with Gasteiger partial charge in [0.25, 0.3) is 0 Å². The van der Waals surface area contributed by atoms with Crippen molar-refractivity contribution < 1.29 is 4.79 Å². The van der Waals surface area contributed by atoms with Gasteiger partial charge < -0.3 is 11.1 Å². The molecule has 1 aromatic carbocycles. The highest BCUT2D eigenvalue weighted by Crippen LogP contribution is 2.22. The first-order valence-corrected chi connectivity index (χ1v) is 7.13. The molecule has 1 unspecified atom stereocenters. The Morgan fingerprint density at radius 2 is 2.21 bits per heavy atom. The van der Waals surface area contributed by atoms with E-state index in [0.717, 1.165) is 14.8 Å². The minimum absolute atomic E-state index is 0.0184. The standard InChI is InChI=1S/C14H15ClN2OS/c1-9(10-3-2-4-11(16)7-10)14(18)17-8-12-5-6-13(15)19-12/h2-7,9H,8,16H2,1H3,(H,17,18). The Kier molecular flexibility index (Phi) is 4.45. The Bertz CT molecular complexity index is 582. The molecule has 0 aliphatic heterocycles. The number of carbonyl (C=O) groups is 1. The minimum atomic E-state index is -0.223. The topological polar surface area (TPSA) is 55.1 Å². The Labute approximate surface area is 121 Å². The molecule has 0 radical (unpaired) electrons. The van der Waals surface area contributed by atoms with Crippen molar-refractivity contribution >= 4 is 34.5 Å². The number of amides is 1. The van der Waals surface area contributed by atoms with Crippen LogP contribution in [0.5, 0.6) is 0 Å². The van der Waals surface area contributed by atoms with E-state index in [2.05, 4.69) is 5.32 Å². The summed E-state index contributed by atoms with van der Waals surface area (Å²) in [7, 11) is 0. The number of hydrogen-bond donors (Lipinski definition) is 2. The van der Waals surface area contributed by atoms with Crippen molar-refractivity contribution in [1.82, 2.24) is 5.32 Å². The van der Waals surface area contributed by atoms with E-state index in [-0.39, 0.29) is 11.8 Å². The van der Waals surface area contributed by atoms with E-state index in [1.165, 1.54) is 11.3 Å². The molecule has 0 aliphatic carbocycles. The summed E-state index contributed by atoms with van der Waals surface area (Å²) >= 11 is 7.31. The van der Waals surface area contributed by atoms with Crippen LogP contribution in [0.25, 0.3) is 0 Å². The number of thiophene rings is 1. The molecular weight excluding hydrogens is 280 g/mol. The van der Waals surface area contributed by atoms with Crippen LogP contribution in [0.15, 0.2) is 36.4 Å². The average Bonchev–Trinajstić information content (AvgIpc) is 2.81. The molecule has 1 heterocycles. The van der Waals surface area contributed by atoms with E-state index in [1.807, 2.05) is 43.3 Å². The Balaban J connectivity index is 1.96. The number of carbonyl (C=O) groups excluding carboxylic acids is 1. The maximum absolute atomic E-state index is 12.1. The van der Waals surface area contributed by atoms with E-state index in [9.17, 15) is 4.79 Å². The summed E-state index contributed by atoms with van der Waals surface area (Å²) in [5.74, 6) is -0.242. The molecule has 0 spiro atoms. The zero-order valence-electron chi connectivity index (χ0n) is 10.5. The zero-order chi connectivity index (χ0) is 13.8. The largest absolute Gasteiger partial charge is 0.399 e. The highest BCUT2D eigenvalue weighted by atomic mass is 35.5. The summed E-state index contributed by atoms with van der Waals surface area (Å²) in [6.45, 7) is 2.37. The van der Waals surface area contributed by atoms with Gasteiger partial charge >= 0.3 is 0 Å². The maximum Gasteiger partial charge on any atom is 0.227 e. The molecule has 1 amide bonds. The summed E-state index contributed by atoms with van der Waals surface area (Å²) in [6, 6.07) is 11.1. The Morgan fingerprint density at radius 3 is 2.84 bits per heavy atom. The van der Waals surface area contributed by atoms with Gasteiger partial charge in [0.2, 0.25) is 5.91 Å². The number of nitrogens with one attached hydrogen (secondary N) is 1. The number of nitrogens with two attached hydrogens (primary N) is 1. The number of halogens is 1. The van der Waals surface area contributed by atoms with Crippen LogP contribution in [0, 0.1) is 0 Å². The SMILES string of the molecule is CC(C(=O)NCc1ccc(Cl)s1)c1cccc(N)c1. The molecule has 0 saturated carbocycles. The van der Waals surface area contributed by atoms with Gasteiger partial charge in [-0.1, -0.05) is 23.7 Å². The smallest absolute Gasteiger partial charge is 0.227 e. The van der Waals surface area contributed by atoms with Crippen molar-refractivity contribution in [3.05, 3.63) is 51.2 Å². The van der Waals surface area contributed by atoms with Gasteiger partial charge in [-0.15, -0.1) is 11.3 Å². The summed E-state index contributed by atoms with van der Waals surface area (Å²) in [5, 5.41) is 2.90. The average molecular weight is 295 g/mol. The van der Waals surface area contributed by atoms with Gasteiger partial charge in [0.05, 0.1) is 16.8 Å². The maximum atomic E-state index is 12.1. The van der Waals surface area contributed by atoms with Crippen molar-refractivity contribution in [3.8, 4) is 0 Å². The second kappa shape index (κ2) is 6.08. The highest BCUT2D eigenvalue weighted by Gasteiger charge is 2.15. The summed E-state index contributed by atoms with van der Waals surface area (Å²) in [4.78, 5) is 13.1. The first kappa shape index (κ1) is 13.9. The lowest BCUT2D eigenvalue weighted by Gasteiger charge is -2.12. The van der Waals surface area contributed by atoms with Crippen molar-refractivity contribution in [1.29, 1.82) is 0 Å². The third-order valence-corrected chi connectivity index (χ3v) is 4.10. The van der Waals surface area contributed by atoms with Crippen molar-refractivity contribution in [2.24, 2.45) is 0 Å². The van der Waals surface area contributed by atoms with Gasteiger partial charge in [0.15, 0.2) is 0 Å². The molecule has 3 nitrogen and oxygen atoms in total. The molecule has 5 heteroatoms. The number of anilines is 1. The van der Waals surface area contributed by atoms with E-state index in [4.69, 9.17) is 17.3 Å². The second-order valence-electron chi connectivity index (χ2n) is 4.32. The van der Waals surface area contributed by atoms with E-state index in [0.29, 0.717) is 12.2 Å². The van der Waals surface area contributed by atoms with Crippen LogP contribution < -0.4 is 11.1 Å². The highest BCUT2D eigenvalue weighted by molar-refractivity contribution is 7.16. The first-order chi connectivity index (χ1) is 9.06. The van der Waals surface area contributed by atoms with Crippen LogP contribution in [0.4, 0.5) is 5.69 Å². The van der Waals surface area contributed by atoms with Gasteiger partial charge in [0, 0.05) is 10.6 Å². The number of benzene rings is 1. The van der Waals surface area contributed by atoms with E-state index < -0.39 is 0 Å². The predicted octanol–water partition coefficient (Wildman–Crippen LogP) is 3.40. The third kappa shape index (κ3) is 3.72. The van der Waals surface area contributed by atoms with Crippen LogP contribution in [0.3, 0.4) is 0 Å². The fourth-order valence-corrected chi connectivity index (χ4v) is 2.78. The molecule has 100 valence electrons. The molecule has 0 saturated heterocycles. The third-order valence-electron chi connectivity index (χ3n) is 2.87. The normalized spacial score (nSPS) is 12.1. The predicted molar refractivity (Wildman–Crippen MR) is 80.4 cm³/mol. The lowest BCUT2D eigenvalue weighted by Crippen LogP contribution is -2.27. The fourth-order valence-electron chi connectivity index (χ4n) is 1.75. The van der Waals surface area contributed by atoms with Gasteiger partial charge in [-0.3, -0.25) is 4.79 Å². The van der Waals surface area contributed by atoms with Crippen LogP contribution in [0.1, 0.15) is 23.3 Å². The molecule has 0 aliphatic rings. The van der Waals surface area contributed by atoms with Crippen LogP contribution in [-0.2, 0) is 11.3 Å². The molecule has 3 N–H and O–H groups in total. The molecule has 0 fully saturated rings. The van der Waals surface area contributed by atoms with Crippen LogP contribution in [0.2, 0.25) is 4.34 Å². The molecule has 0 bridgehead atoms. The lowest BCUT2D eigenvalue weighted by molar-refractivity contribution is -0.122. The minimum Gasteiger partial charge on any atom is -0.399 e. The van der Waals surface area contributed by atoms with Gasteiger partial charge in [-0.25, -0.2) is 0 Å². The van der Waals surface area contributed by atoms with Crippen molar-refractivity contribution in [2.75, 3.05) is 5.73 Å². The fraction of sp³-hybridized carbons (Fsp3) is 0.214. The Hall–Kier alpha value is -1.52. The van der Waals surface area contributed by atoms with Crippen molar-refractivity contribution in [2.45, 2.75) is 19.4 Å². The monoisotopic (exact) mass is 294 g/mol. The quantitative estimate of drug-likeness (QED) is 0.849. The molecule has 2 aromatic rings. The molecule has 1 aromatic heterocycles. The molecule has 19 heavy (non-hydrogen) atoms. The van der Waals surface area contributed by atoms with Gasteiger partial charge in [-0.05, 0) is 36.8 Å². The zero-order valence-corrected chi connectivity index (χ0v) is 12.1. The Morgan fingerprint density at radius 1 is 1.42 bits per heavy atom. The van der Waals surface area contributed by atoms with E-state index in [1.54, 1.807) is 0 Å². The molecular formula is C14H15ClN2OS. The number of hydrogen-bond acceptors (Lipinski definition) is 3. The van der Waals surface area contributed by atoms with Crippen LogP contribution in [-0.4, -0.2) is 5.91 Å². The first-order valence-electron chi connectivity index (χ1n) is 5.93. The lowest BCUT2D eigenvalue weighted by atomic mass is 10.00.